The van der Waals surface area contributed by atoms with Crippen molar-refractivity contribution in [3.8, 4) is 0 Å². The van der Waals surface area contributed by atoms with Crippen molar-refractivity contribution >= 4 is 9.84 Å². The molecule has 1 saturated carbocycles. The Bertz CT molecular complexity index is 290. The Kier molecular flexibility index (Phi) is 5.25. The topological polar surface area (TPSA) is 60.2 Å². The highest BCUT2D eigenvalue weighted by Gasteiger charge is 2.29. The molecule has 0 aromatic heterocycles. The number of hydrogen-bond acceptors (Lipinski definition) is 3. The molecule has 96 valence electrons. The van der Waals surface area contributed by atoms with E-state index in [4.69, 9.17) is 5.73 Å². The Balaban J connectivity index is 2.58. The van der Waals surface area contributed by atoms with Gasteiger partial charge in [-0.3, -0.25) is 0 Å². The fraction of sp³-hybridized carbons (Fsp3) is 1.00. The van der Waals surface area contributed by atoms with Crippen LogP contribution in [0.15, 0.2) is 0 Å². The molecule has 0 amide bonds. The third-order valence-electron chi connectivity index (χ3n) is 3.85. The summed E-state index contributed by atoms with van der Waals surface area (Å²) in [6.07, 6.45) is 10.6. The van der Waals surface area contributed by atoms with Crippen molar-refractivity contribution in [3.63, 3.8) is 0 Å². The van der Waals surface area contributed by atoms with E-state index in [-0.39, 0.29) is 5.41 Å². The van der Waals surface area contributed by atoms with Crippen molar-refractivity contribution in [3.05, 3.63) is 0 Å². The lowest BCUT2D eigenvalue weighted by molar-refractivity contribution is 0.211. The van der Waals surface area contributed by atoms with Gasteiger partial charge >= 0.3 is 0 Å². The van der Waals surface area contributed by atoms with E-state index >= 15 is 0 Å². The quantitative estimate of drug-likeness (QED) is 0.827. The zero-order valence-electron chi connectivity index (χ0n) is 10.4. The summed E-state index contributed by atoms with van der Waals surface area (Å²) < 4.78 is 22.5. The average molecular weight is 247 g/mol. The van der Waals surface area contributed by atoms with Gasteiger partial charge in [-0.1, -0.05) is 32.1 Å². The zero-order valence-corrected chi connectivity index (χ0v) is 11.2. The standard InChI is InChI=1S/C12H25NO2S/c1-16(14,15)10-9-12(11-13)7-5-3-2-4-6-8-12/h2-11,13H2,1H3. The van der Waals surface area contributed by atoms with Crippen LogP contribution in [0.1, 0.15) is 51.4 Å². The first-order valence-electron chi connectivity index (χ1n) is 6.35. The maximum absolute atomic E-state index is 11.2. The van der Waals surface area contributed by atoms with Crippen LogP contribution in [0.4, 0.5) is 0 Å². The number of rotatable bonds is 4. The molecule has 0 aromatic rings. The molecule has 0 radical (unpaired) electrons. The second-order valence-electron chi connectivity index (χ2n) is 5.35. The molecular formula is C12H25NO2S. The molecule has 0 bridgehead atoms. The molecule has 0 saturated heterocycles. The molecule has 16 heavy (non-hydrogen) atoms. The van der Waals surface area contributed by atoms with Crippen molar-refractivity contribution < 1.29 is 8.42 Å². The molecular weight excluding hydrogens is 222 g/mol. The Morgan fingerprint density at radius 3 is 2.00 bits per heavy atom. The van der Waals surface area contributed by atoms with E-state index in [2.05, 4.69) is 0 Å². The van der Waals surface area contributed by atoms with Crippen molar-refractivity contribution in [2.75, 3.05) is 18.6 Å². The van der Waals surface area contributed by atoms with E-state index in [0.717, 1.165) is 19.3 Å². The van der Waals surface area contributed by atoms with Crippen LogP contribution in [0.25, 0.3) is 0 Å². The van der Waals surface area contributed by atoms with Crippen molar-refractivity contribution in [2.45, 2.75) is 51.4 Å². The summed E-state index contributed by atoms with van der Waals surface area (Å²) >= 11 is 0. The Labute approximate surface area is 99.7 Å². The first kappa shape index (κ1) is 14.0. The summed E-state index contributed by atoms with van der Waals surface area (Å²) in [7, 11) is -2.85. The largest absolute Gasteiger partial charge is 0.330 e. The summed E-state index contributed by atoms with van der Waals surface area (Å²) in [5, 5.41) is 0. The van der Waals surface area contributed by atoms with Gasteiger partial charge in [0, 0.05) is 6.26 Å². The fourth-order valence-electron chi connectivity index (χ4n) is 2.61. The summed E-state index contributed by atoms with van der Waals surface area (Å²) in [5.41, 5.74) is 5.99. The van der Waals surface area contributed by atoms with Crippen LogP contribution in [0.2, 0.25) is 0 Å². The van der Waals surface area contributed by atoms with Crippen LogP contribution in [0.3, 0.4) is 0 Å². The lowest BCUT2D eigenvalue weighted by Crippen LogP contribution is -2.33. The monoisotopic (exact) mass is 247 g/mol. The van der Waals surface area contributed by atoms with Gasteiger partial charge in [-0.25, -0.2) is 8.42 Å². The van der Waals surface area contributed by atoms with Gasteiger partial charge < -0.3 is 5.73 Å². The van der Waals surface area contributed by atoms with Crippen LogP contribution in [-0.2, 0) is 9.84 Å². The minimum Gasteiger partial charge on any atom is -0.330 e. The van der Waals surface area contributed by atoms with Gasteiger partial charge in [0.2, 0.25) is 0 Å². The molecule has 1 rings (SSSR count). The van der Waals surface area contributed by atoms with Gasteiger partial charge in [0.15, 0.2) is 0 Å². The van der Waals surface area contributed by atoms with Gasteiger partial charge in [-0.05, 0) is 31.2 Å². The van der Waals surface area contributed by atoms with Gasteiger partial charge in [0.1, 0.15) is 9.84 Å². The minimum atomic E-state index is -2.85. The predicted octanol–water partition coefficient (Wildman–Crippen LogP) is 2.11. The summed E-state index contributed by atoms with van der Waals surface area (Å²) in [4.78, 5) is 0. The summed E-state index contributed by atoms with van der Waals surface area (Å²) in [6.45, 7) is 0.641. The number of hydrogen-bond donors (Lipinski definition) is 1. The highest BCUT2D eigenvalue weighted by atomic mass is 32.2. The highest BCUT2D eigenvalue weighted by Crippen LogP contribution is 2.36. The molecule has 2 N–H and O–H groups in total. The molecule has 4 heteroatoms. The molecule has 0 atom stereocenters. The summed E-state index contributed by atoms with van der Waals surface area (Å²) in [5.74, 6) is 0.296. The van der Waals surface area contributed by atoms with Crippen molar-refractivity contribution in [1.82, 2.24) is 0 Å². The van der Waals surface area contributed by atoms with Crippen molar-refractivity contribution in [2.24, 2.45) is 11.1 Å². The number of sulfone groups is 1. The van der Waals surface area contributed by atoms with E-state index in [1.165, 1.54) is 38.4 Å². The Hall–Kier alpha value is -0.0900. The molecule has 0 aromatic carbocycles. The molecule has 1 fully saturated rings. The van der Waals surface area contributed by atoms with E-state index in [1.807, 2.05) is 0 Å². The van der Waals surface area contributed by atoms with E-state index in [9.17, 15) is 8.42 Å². The molecule has 1 aliphatic carbocycles. The van der Waals surface area contributed by atoms with Gasteiger partial charge in [-0.15, -0.1) is 0 Å². The van der Waals surface area contributed by atoms with Crippen LogP contribution in [0, 0.1) is 5.41 Å². The second kappa shape index (κ2) is 6.01. The van der Waals surface area contributed by atoms with E-state index in [1.54, 1.807) is 0 Å². The van der Waals surface area contributed by atoms with E-state index < -0.39 is 9.84 Å². The first-order chi connectivity index (χ1) is 7.47. The average Bonchev–Trinajstić information content (AvgIpc) is 2.16. The Morgan fingerprint density at radius 2 is 1.56 bits per heavy atom. The normalized spacial score (nSPS) is 22.4. The lowest BCUT2D eigenvalue weighted by atomic mass is 9.74. The van der Waals surface area contributed by atoms with Gasteiger partial charge in [-0.2, -0.15) is 0 Å². The van der Waals surface area contributed by atoms with Crippen LogP contribution < -0.4 is 5.73 Å². The second-order valence-corrected chi connectivity index (χ2v) is 7.61. The van der Waals surface area contributed by atoms with Crippen LogP contribution in [-0.4, -0.2) is 27.0 Å². The third kappa shape index (κ3) is 4.83. The Morgan fingerprint density at radius 1 is 1.06 bits per heavy atom. The smallest absolute Gasteiger partial charge is 0.147 e. The zero-order chi connectivity index (χ0) is 12.1. The molecule has 3 nitrogen and oxygen atoms in total. The molecule has 0 spiro atoms. The van der Waals surface area contributed by atoms with E-state index in [0.29, 0.717) is 12.3 Å². The van der Waals surface area contributed by atoms with Crippen LogP contribution in [0.5, 0.6) is 0 Å². The molecule has 0 aliphatic heterocycles. The van der Waals surface area contributed by atoms with Crippen LogP contribution >= 0.6 is 0 Å². The maximum atomic E-state index is 11.2. The third-order valence-corrected chi connectivity index (χ3v) is 4.80. The molecule has 0 unspecified atom stereocenters. The van der Waals surface area contributed by atoms with Gasteiger partial charge in [0.05, 0.1) is 5.75 Å². The number of nitrogens with two attached hydrogens (primary N) is 1. The highest BCUT2D eigenvalue weighted by molar-refractivity contribution is 7.90. The summed E-state index contributed by atoms with van der Waals surface area (Å²) in [6, 6.07) is 0. The SMILES string of the molecule is CS(=O)(=O)CCC1(CN)CCCCCCC1. The lowest BCUT2D eigenvalue weighted by Gasteiger charge is -2.34. The predicted molar refractivity (Wildman–Crippen MR) is 68.1 cm³/mol. The fourth-order valence-corrected chi connectivity index (χ4v) is 3.42. The minimum absolute atomic E-state index is 0.101. The molecule has 0 heterocycles. The molecule has 1 aliphatic rings. The first-order valence-corrected chi connectivity index (χ1v) is 8.41. The van der Waals surface area contributed by atoms with Crippen molar-refractivity contribution in [1.29, 1.82) is 0 Å². The maximum Gasteiger partial charge on any atom is 0.147 e. The van der Waals surface area contributed by atoms with Gasteiger partial charge in [0.25, 0.3) is 0 Å².